The number of anilines is 1. The Morgan fingerprint density at radius 2 is 2.20 bits per heavy atom. The number of aromatic amines is 2. The van der Waals surface area contributed by atoms with Crippen LogP contribution in [0.1, 0.15) is 12.8 Å². The fourth-order valence-electron chi connectivity index (χ4n) is 1.51. The molecule has 2 rings (SSSR count). The molecule has 0 saturated heterocycles. The molecule has 1 fully saturated rings. The molecule has 0 radical (unpaired) electrons. The third kappa shape index (κ3) is 2.07. The van der Waals surface area contributed by atoms with Gasteiger partial charge in [0.1, 0.15) is 0 Å². The zero-order valence-electron chi connectivity index (χ0n) is 8.24. The van der Waals surface area contributed by atoms with E-state index in [1.54, 1.807) is 7.11 Å². The summed E-state index contributed by atoms with van der Waals surface area (Å²) < 4.78 is 5.10. The van der Waals surface area contributed by atoms with Crippen LogP contribution in [0.15, 0.2) is 9.59 Å². The van der Waals surface area contributed by atoms with Crippen LogP contribution >= 0.6 is 0 Å². The minimum atomic E-state index is -0.603. The van der Waals surface area contributed by atoms with Crippen LogP contribution in [0.4, 0.5) is 5.82 Å². The number of nitrogens with zero attached hydrogens (tertiary/aromatic N) is 1. The zero-order valence-corrected chi connectivity index (χ0v) is 8.24. The molecule has 82 valence electrons. The Hall–Kier alpha value is -1.63. The fourth-order valence-corrected chi connectivity index (χ4v) is 1.51. The number of nitrogens with one attached hydrogen (secondary N) is 3. The van der Waals surface area contributed by atoms with Crippen LogP contribution in [-0.4, -0.2) is 34.4 Å². The van der Waals surface area contributed by atoms with E-state index < -0.39 is 11.2 Å². The Morgan fingerprint density at radius 3 is 2.80 bits per heavy atom. The van der Waals surface area contributed by atoms with Gasteiger partial charge in [-0.05, 0) is 12.8 Å². The van der Waals surface area contributed by atoms with Crippen LogP contribution in [0.2, 0.25) is 0 Å². The Morgan fingerprint density at radius 1 is 1.47 bits per heavy atom. The van der Waals surface area contributed by atoms with Gasteiger partial charge in [-0.1, -0.05) is 0 Å². The minimum absolute atomic E-state index is 0.147. The number of ether oxygens (including phenoxy) is 1. The summed E-state index contributed by atoms with van der Waals surface area (Å²) in [4.78, 5) is 24.0. The van der Waals surface area contributed by atoms with Crippen molar-refractivity contribution in [3.05, 3.63) is 20.8 Å². The average Bonchev–Trinajstić information content (AvgIpc) is 2.13. The van der Waals surface area contributed by atoms with E-state index in [4.69, 9.17) is 4.74 Å². The summed E-state index contributed by atoms with van der Waals surface area (Å²) in [6.45, 7) is 0. The molecule has 1 aliphatic rings. The van der Waals surface area contributed by atoms with E-state index >= 15 is 0 Å². The summed E-state index contributed by atoms with van der Waals surface area (Å²) in [5.74, 6) is 0.147. The first-order valence-electron chi connectivity index (χ1n) is 4.67. The molecule has 0 bridgehead atoms. The van der Waals surface area contributed by atoms with Crippen LogP contribution in [0.3, 0.4) is 0 Å². The molecule has 1 heterocycles. The first-order valence-corrected chi connectivity index (χ1v) is 4.67. The highest BCUT2D eigenvalue weighted by atomic mass is 16.5. The van der Waals surface area contributed by atoms with Crippen molar-refractivity contribution in [1.82, 2.24) is 15.2 Å². The lowest BCUT2D eigenvalue weighted by molar-refractivity contribution is 0.0327. The van der Waals surface area contributed by atoms with Gasteiger partial charge in [-0.15, -0.1) is 5.10 Å². The van der Waals surface area contributed by atoms with E-state index in [1.165, 1.54) is 0 Å². The van der Waals surface area contributed by atoms with Gasteiger partial charge in [-0.3, -0.25) is 9.78 Å². The van der Waals surface area contributed by atoms with Crippen molar-refractivity contribution in [2.24, 2.45) is 0 Å². The minimum Gasteiger partial charge on any atom is -0.381 e. The van der Waals surface area contributed by atoms with Gasteiger partial charge >= 0.3 is 5.69 Å². The first kappa shape index (κ1) is 9.91. The molecule has 1 saturated carbocycles. The molecule has 7 nitrogen and oxygen atoms in total. The van der Waals surface area contributed by atoms with Crippen molar-refractivity contribution in [3.63, 3.8) is 0 Å². The summed E-state index contributed by atoms with van der Waals surface area (Å²) >= 11 is 0. The zero-order chi connectivity index (χ0) is 10.8. The molecule has 7 heteroatoms. The Kier molecular flexibility index (Phi) is 2.55. The molecule has 0 aromatic carbocycles. The van der Waals surface area contributed by atoms with E-state index in [1.807, 2.05) is 0 Å². The predicted molar refractivity (Wildman–Crippen MR) is 52.9 cm³/mol. The maximum Gasteiger partial charge on any atom is 0.342 e. The highest BCUT2D eigenvalue weighted by Gasteiger charge is 2.29. The molecule has 0 amide bonds. The molecule has 15 heavy (non-hydrogen) atoms. The number of rotatable bonds is 3. The van der Waals surface area contributed by atoms with Gasteiger partial charge in [0.25, 0.3) is 5.56 Å². The van der Waals surface area contributed by atoms with Gasteiger partial charge in [-0.25, -0.2) is 9.89 Å². The number of methoxy groups -OCH3 is 1. The third-order valence-electron chi connectivity index (χ3n) is 2.48. The van der Waals surface area contributed by atoms with E-state index in [0.29, 0.717) is 0 Å². The summed E-state index contributed by atoms with van der Waals surface area (Å²) in [5, 5.41) is 8.72. The second-order valence-electron chi connectivity index (χ2n) is 3.53. The van der Waals surface area contributed by atoms with Crippen molar-refractivity contribution in [2.45, 2.75) is 25.0 Å². The lowest BCUT2D eigenvalue weighted by atomic mass is 9.89. The Labute approximate surface area is 84.9 Å². The molecular weight excluding hydrogens is 200 g/mol. The molecule has 0 spiro atoms. The van der Waals surface area contributed by atoms with Crippen LogP contribution in [0, 0.1) is 0 Å². The van der Waals surface area contributed by atoms with Crippen molar-refractivity contribution >= 4 is 5.82 Å². The van der Waals surface area contributed by atoms with Crippen molar-refractivity contribution in [1.29, 1.82) is 0 Å². The van der Waals surface area contributed by atoms with Crippen LogP contribution in [0.25, 0.3) is 0 Å². The third-order valence-corrected chi connectivity index (χ3v) is 2.48. The number of hydrogen-bond donors (Lipinski definition) is 3. The quantitative estimate of drug-likeness (QED) is 0.599. The second-order valence-corrected chi connectivity index (χ2v) is 3.53. The van der Waals surface area contributed by atoms with Gasteiger partial charge in [-0.2, -0.15) is 0 Å². The topological polar surface area (TPSA) is 99.9 Å². The van der Waals surface area contributed by atoms with Crippen LogP contribution in [0.5, 0.6) is 0 Å². The molecule has 3 N–H and O–H groups in total. The lowest BCUT2D eigenvalue weighted by Gasteiger charge is -2.34. The number of aromatic nitrogens is 3. The summed E-state index contributed by atoms with van der Waals surface area (Å²) in [7, 11) is 1.66. The molecule has 1 aromatic heterocycles. The first-order chi connectivity index (χ1) is 7.19. The van der Waals surface area contributed by atoms with Crippen LogP contribution in [-0.2, 0) is 4.74 Å². The van der Waals surface area contributed by atoms with Gasteiger partial charge in [0.15, 0.2) is 0 Å². The van der Waals surface area contributed by atoms with Gasteiger partial charge in [0, 0.05) is 13.2 Å². The van der Waals surface area contributed by atoms with Crippen molar-refractivity contribution in [3.8, 4) is 0 Å². The normalized spacial score (nSPS) is 24.6. The molecule has 0 atom stereocenters. The average molecular weight is 212 g/mol. The number of hydrogen-bond acceptors (Lipinski definition) is 5. The summed E-state index contributed by atoms with van der Waals surface area (Å²) in [6.07, 6.45) is 1.94. The molecule has 1 aliphatic carbocycles. The predicted octanol–water partition coefficient (Wildman–Crippen LogP) is -0.952. The van der Waals surface area contributed by atoms with E-state index in [0.717, 1.165) is 12.8 Å². The van der Waals surface area contributed by atoms with E-state index in [-0.39, 0.29) is 18.0 Å². The highest BCUT2D eigenvalue weighted by Crippen LogP contribution is 2.24. The molecular formula is C8H12N4O3. The van der Waals surface area contributed by atoms with E-state index in [9.17, 15) is 9.59 Å². The maximum atomic E-state index is 11.2. The van der Waals surface area contributed by atoms with Crippen molar-refractivity contribution < 1.29 is 4.74 Å². The van der Waals surface area contributed by atoms with Gasteiger partial charge < -0.3 is 10.1 Å². The van der Waals surface area contributed by atoms with Gasteiger partial charge in [0.05, 0.1) is 6.10 Å². The van der Waals surface area contributed by atoms with E-state index in [2.05, 4.69) is 20.5 Å². The molecule has 1 aromatic rings. The van der Waals surface area contributed by atoms with Crippen LogP contribution < -0.4 is 16.6 Å². The Bertz CT molecular complexity index is 446. The molecule has 0 unspecified atom stereocenters. The van der Waals surface area contributed by atoms with Crippen molar-refractivity contribution in [2.75, 3.05) is 12.4 Å². The SMILES string of the molecule is COC1CC(Nc2n[nH]c(=O)[nH]c2=O)C1. The smallest absolute Gasteiger partial charge is 0.342 e. The molecule has 0 aliphatic heterocycles. The highest BCUT2D eigenvalue weighted by molar-refractivity contribution is 5.31. The lowest BCUT2D eigenvalue weighted by Crippen LogP contribution is -2.42. The Balaban J connectivity index is 2.01. The summed E-state index contributed by atoms with van der Waals surface area (Å²) in [6, 6.07) is 0.189. The maximum absolute atomic E-state index is 11.2. The largest absolute Gasteiger partial charge is 0.381 e. The van der Waals surface area contributed by atoms with Gasteiger partial charge in [0.2, 0.25) is 5.82 Å². The monoisotopic (exact) mass is 212 g/mol. The number of H-pyrrole nitrogens is 2. The fraction of sp³-hybridized carbons (Fsp3) is 0.625. The standard InChI is InChI=1S/C8H12N4O3/c1-15-5-2-4(3-5)9-6-7(13)10-8(14)12-11-6/h4-5H,2-3H2,1H3,(H,9,11)(H2,10,12,13,14). The summed E-state index contributed by atoms with van der Waals surface area (Å²) in [5.41, 5.74) is -1.10. The second kappa shape index (κ2) is 3.85.